The lowest BCUT2D eigenvalue weighted by molar-refractivity contribution is 0.102. The van der Waals surface area contributed by atoms with E-state index in [0.717, 1.165) is 49.8 Å². The van der Waals surface area contributed by atoms with E-state index < -0.39 is 10.0 Å². The van der Waals surface area contributed by atoms with Gasteiger partial charge in [-0.15, -0.1) is 11.3 Å². The van der Waals surface area contributed by atoms with E-state index in [1.54, 1.807) is 19.2 Å². The summed E-state index contributed by atoms with van der Waals surface area (Å²) in [6.45, 7) is 0. The van der Waals surface area contributed by atoms with Crippen LogP contribution in [-0.4, -0.2) is 36.7 Å². The Morgan fingerprint density at radius 2 is 1.69 bits per heavy atom. The topological polar surface area (TPSA) is 79.4 Å². The van der Waals surface area contributed by atoms with Crippen LogP contribution in [0.5, 0.6) is 0 Å². The van der Waals surface area contributed by atoms with Gasteiger partial charge in [-0.05, 0) is 80.0 Å². The normalized spacial score (nSPS) is 16.7. The van der Waals surface area contributed by atoms with E-state index in [1.165, 1.54) is 58.2 Å². The molecule has 8 heteroatoms. The molecule has 1 N–H and O–H groups in total. The number of hydrogen-bond acceptors (Lipinski definition) is 5. The first-order valence-electron chi connectivity index (χ1n) is 12.4. The maximum Gasteiger partial charge on any atom is 0.257 e. The van der Waals surface area contributed by atoms with Gasteiger partial charge >= 0.3 is 0 Å². The number of carbonyl (C=O) groups excluding carboxylic acids is 1. The summed E-state index contributed by atoms with van der Waals surface area (Å²) in [4.78, 5) is 17.6. The van der Waals surface area contributed by atoms with Crippen LogP contribution in [-0.2, 0) is 22.9 Å². The molecule has 5 rings (SSSR count). The molecule has 184 valence electrons. The number of sulfonamides is 1. The molecule has 0 bridgehead atoms. The number of aromatic nitrogens is 1. The van der Waals surface area contributed by atoms with Crippen LogP contribution in [0.3, 0.4) is 0 Å². The number of amides is 1. The largest absolute Gasteiger partial charge is 0.298 e. The molecule has 0 unspecified atom stereocenters. The van der Waals surface area contributed by atoms with Crippen LogP contribution < -0.4 is 5.32 Å². The van der Waals surface area contributed by atoms with Crippen molar-refractivity contribution in [2.45, 2.75) is 68.7 Å². The molecule has 3 aromatic rings. The molecule has 0 radical (unpaired) electrons. The Labute approximate surface area is 211 Å². The second-order valence-electron chi connectivity index (χ2n) is 9.52. The van der Waals surface area contributed by atoms with E-state index in [-0.39, 0.29) is 16.8 Å². The molecule has 1 aromatic heterocycles. The Balaban J connectivity index is 1.26. The summed E-state index contributed by atoms with van der Waals surface area (Å²) in [5, 5.41) is 5.33. The molecular formula is C27H31N3O3S2. The van der Waals surface area contributed by atoms with Crippen molar-refractivity contribution in [2.24, 2.45) is 0 Å². The molecule has 1 saturated carbocycles. The molecule has 35 heavy (non-hydrogen) atoms. The fourth-order valence-corrected chi connectivity index (χ4v) is 7.24. The van der Waals surface area contributed by atoms with Gasteiger partial charge in [0.25, 0.3) is 5.91 Å². The second-order valence-corrected chi connectivity index (χ2v) is 12.4. The Bertz CT molecular complexity index is 1310. The van der Waals surface area contributed by atoms with Gasteiger partial charge in [0.15, 0.2) is 5.13 Å². The van der Waals surface area contributed by atoms with Gasteiger partial charge in [-0.3, -0.25) is 10.1 Å². The molecule has 0 spiro atoms. The van der Waals surface area contributed by atoms with Crippen molar-refractivity contribution < 1.29 is 13.2 Å². The van der Waals surface area contributed by atoms with Crippen molar-refractivity contribution in [1.82, 2.24) is 9.29 Å². The van der Waals surface area contributed by atoms with Crippen LogP contribution in [0.1, 0.15) is 66.4 Å². The maximum atomic E-state index is 13.0. The van der Waals surface area contributed by atoms with E-state index in [2.05, 4.69) is 28.5 Å². The SMILES string of the molecule is CN(C1CCCCC1)S(=O)(=O)c1ccc(C(=O)Nc2nc(-c3ccc4c(c3)CCCC4)cs2)cc1. The summed E-state index contributed by atoms with van der Waals surface area (Å²) < 4.78 is 27.6. The first-order chi connectivity index (χ1) is 16.9. The van der Waals surface area contributed by atoms with Crippen molar-refractivity contribution in [3.8, 4) is 11.3 Å². The van der Waals surface area contributed by atoms with E-state index in [4.69, 9.17) is 0 Å². The number of thiazole rings is 1. The molecular weight excluding hydrogens is 478 g/mol. The number of hydrogen-bond donors (Lipinski definition) is 1. The van der Waals surface area contributed by atoms with Gasteiger partial charge in [0.1, 0.15) is 0 Å². The molecule has 2 aliphatic rings. The molecule has 6 nitrogen and oxygen atoms in total. The average Bonchev–Trinajstić information content (AvgIpc) is 3.37. The standard InChI is InChI=1S/C27H31N3O3S2/c1-30(23-9-3-2-4-10-23)35(32,33)24-15-13-20(14-16-24)26(31)29-27-28-25(18-34-27)22-12-11-19-7-5-6-8-21(19)17-22/h11-18,23H,2-10H2,1H3,(H,28,29,31). The number of benzene rings is 2. The minimum Gasteiger partial charge on any atom is -0.298 e. The summed E-state index contributed by atoms with van der Waals surface area (Å²) >= 11 is 1.39. The minimum absolute atomic E-state index is 0.0472. The van der Waals surface area contributed by atoms with Gasteiger partial charge in [-0.1, -0.05) is 31.4 Å². The Morgan fingerprint density at radius 1 is 0.971 bits per heavy atom. The highest BCUT2D eigenvalue weighted by molar-refractivity contribution is 7.89. The maximum absolute atomic E-state index is 13.0. The first kappa shape index (κ1) is 24.2. The third-order valence-corrected chi connectivity index (χ3v) is 9.93. The van der Waals surface area contributed by atoms with Gasteiger partial charge in [-0.25, -0.2) is 13.4 Å². The van der Waals surface area contributed by atoms with Crippen molar-refractivity contribution in [2.75, 3.05) is 12.4 Å². The lowest BCUT2D eigenvalue weighted by Gasteiger charge is -2.30. The molecule has 1 heterocycles. The van der Waals surface area contributed by atoms with Crippen LogP contribution in [0, 0.1) is 0 Å². The molecule has 0 atom stereocenters. The number of anilines is 1. The van der Waals surface area contributed by atoms with Crippen molar-refractivity contribution >= 4 is 32.4 Å². The van der Waals surface area contributed by atoms with Gasteiger partial charge < -0.3 is 0 Å². The van der Waals surface area contributed by atoms with Gasteiger partial charge in [-0.2, -0.15) is 4.31 Å². The molecule has 2 aromatic carbocycles. The van der Waals surface area contributed by atoms with E-state index in [0.29, 0.717) is 10.7 Å². The Morgan fingerprint density at radius 3 is 2.43 bits per heavy atom. The van der Waals surface area contributed by atoms with E-state index >= 15 is 0 Å². The summed E-state index contributed by atoms with van der Waals surface area (Å²) in [6.07, 6.45) is 9.83. The second kappa shape index (κ2) is 10.2. The zero-order valence-electron chi connectivity index (χ0n) is 20.0. The predicted molar refractivity (Wildman–Crippen MR) is 140 cm³/mol. The average molecular weight is 510 g/mol. The van der Waals surface area contributed by atoms with E-state index in [1.807, 2.05) is 5.38 Å². The van der Waals surface area contributed by atoms with Crippen molar-refractivity contribution in [3.63, 3.8) is 0 Å². The smallest absolute Gasteiger partial charge is 0.257 e. The summed E-state index contributed by atoms with van der Waals surface area (Å²) in [7, 11) is -1.92. The summed E-state index contributed by atoms with van der Waals surface area (Å²) in [5.74, 6) is -0.305. The Kier molecular flexibility index (Phi) is 7.05. The number of rotatable bonds is 6. The minimum atomic E-state index is -3.58. The van der Waals surface area contributed by atoms with Crippen molar-refractivity contribution in [1.29, 1.82) is 0 Å². The number of fused-ring (bicyclic) bond motifs is 1. The highest BCUT2D eigenvalue weighted by atomic mass is 32.2. The lowest BCUT2D eigenvalue weighted by atomic mass is 9.90. The Hall–Kier alpha value is -2.55. The zero-order valence-corrected chi connectivity index (χ0v) is 21.6. The fourth-order valence-electron chi connectivity index (χ4n) is 5.11. The van der Waals surface area contributed by atoms with Crippen LogP contribution in [0.4, 0.5) is 5.13 Å². The summed E-state index contributed by atoms with van der Waals surface area (Å²) in [5.41, 5.74) is 5.15. The molecule has 0 aliphatic heterocycles. The number of carbonyl (C=O) groups is 1. The predicted octanol–water partition coefficient (Wildman–Crippen LogP) is 5.89. The van der Waals surface area contributed by atoms with Crippen LogP contribution in [0.25, 0.3) is 11.3 Å². The number of nitrogens with one attached hydrogen (secondary N) is 1. The highest BCUT2D eigenvalue weighted by Crippen LogP contribution is 2.30. The molecule has 1 amide bonds. The quantitative estimate of drug-likeness (QED) is 0.449. The zero-order chi connectivity index (χ0) is 24.4. The van der Waals surface area contributed by atoms with Gasteiger partial charge in [0.2, 0.25) is 10.0 Å². The third kappa shape index (κ3) is 5.20. The summed E-state index contributed by atoms with van der Waals surface area (Å²) in [6, 6.07) is 12.7. The van der Waals surface area contributed by atoms with E-state index in [9.17, 15) is 13.2 Å². The lowest BCUT2D eigenvalue weighted by Crippen LogP contribution is -2.38. The molecule has 2 aliphatic carbocycles. The third-order valence-electron chi connectivity index (χ3n) is 7.25. The number of nitrogens with zero attached hydrogens (tertiary/aromatic N) is 2. The number of aryl methyl sites for hydroxylation is 2. The van der Waals surface area contributed by atoms with Gasteiger partial charge in [0.05, 0.1) is 10.6 Å². The molecule has 0 saturated heterocycles. The fraction of sp³-hybridized carbons (Fsp3) is 0.407. The molecule has 1 fully saturated rings. The van der Waals surface area contributed by atoms with Crippen LogP contribution >= 0.6 is 11.3 Å². The van der Waals surface area contributed by atoms with Crippen molar-refractivity contribution in [3.05, 3.63) is 64.5 Å². The van der Waals surface area contributed by atoms with Crippen LogP contribution in [0.2, 0.25) is 0 Å². The highest BCUT2D eigenvalue weighted by Gasteiger charge is 2.29. The van der Waals surface area contributed by atoms with Gasteiger partial charge in [0, 0.05) is 29.6 Å². The first-order valence-corrected chi connectivity index (χ1v) is 14.7. The monoisotopic (exact) mass is 509 g/mol. The van der Waals surface area contributed by atoms with Crippen LogP contribution in [0.15, 0.2) is 52.7 Å².